The van der Waals surface area contributed by atoms with Crippen molar-refractivity contribution < 1.29 is 23.8 Å². The van der Waals surface area contributed by atoms with Gasteiger partial charge in [0.1, 0.15) is 23.6 Å². The van der Waals surface area contributed by atoms with Crippen molar-refractivity contribution in [2.75, 3.05) is 25.5 Å². The van der Waals surface area contributed by atoms with Gasteiger partial charge in [0.25, 0.3) is 5.91 Å². The van der Waals surface area contributed by atoms with Crippen molar-refractivity contribution in [3.8, 4) is 5.75 Å². The fraction of sp³-hybridized carbons (Fsp3) is 0.296. The lowest BCUT2D eigenvalue weighted by Crippen LogP contribution is -2.18. The minimum Gasteiger partial charge on any atom is -0.492 e. The third kappa shape index (κ3) is 6.58. The number of ether oxygens (including phenoxy) is 1. The van der Waals surface area contributed by atoms with E-state index in [0.29, 0.717) is 53.0 Å². The molecule has 184 valence electrons. The number of rotatable bonds is 10. The van der Waals surface area contributed by atoms with Crippen LogP contribution in [0, 0.1) is 6.92 Å². The number of nitrogens with one attached hydrogen (secondary N) is 2. The van der Waals surface area contributed by atoms with Crippen LogP contribution in [0.3, 0.4) is 0 Å². The summed E-state index contributed by atoms with van der Waals surface area (Å²) in [6.45, 7) is 6.87. The number of hydrogen-bond donors (Lipinski definition) is 3. The zero-order valence-electron chi connectivity index (χ0n) is 20.4. The molecule has 0 aliphatic heterocycles. The normalized spacial score (nSPS) is 10.7. The molecule has 0 aliphatic carbocycles. The van der Waals surface area contributed by atoms with Gasteiger partial charge in [-0.15, -0.1) is 0 Å². The summed E-state index contributed by atoms with van der Waals surface area (Å²) in [5, 5.41) is 15.5. The summed E-state index contributed by atoms with van der Waals surface area (Å²) in [6, 6.07) is 10.0. The van der Waals surface area contributed by atoms with Crippen molar-refractivity contribution in [3.05, 3.63) is 80.7 Å². The molecule has 0 aliphatic rings. The molecule has 0 bridgehead atoms. The van der Waals surface area contributed by atoms with Crippen molar-refractivity contribution in [2.24, 2.45) is 0 Å². The number of fused-ring (bicyclic) bond motifs is 1. The first-order chi connectivity index (χ1) is 16.7. The molecule has 35 heavy (non-hydrogen) atoms. The zero-order chi connectivity index (χ0) is 25.5. The maximum atomic E-state index is 12.9. The van der Waals surface area contributed by atoms with Crippen LogP contribution in [-0.2, 0) is 17.6 Å². The second-order valence-electron chi connectivity index (χ2n) is 8.50. The number of aryl methyl sites for hydroxylation is 1. The van der Waals surface area contributed by atoms with E-state index in [9.17, 15) is 19.5 Å². The Bertz CT molecular complexity index is 1340. The Morgan fingerprint density at radius 3 is 2.57 bits per heavy atom. The lowest BCUT2D eigenvalue weighted by atomic mass is 9.98. The predicted molar refractivity (Wildman–Crippen MR) is 136 cm³/mol. The molecule has 0 spiro atoms. The molecule has 0 fully saturated rings. The number of hydrogen-bond acceptors (Lipinski definition) is 6. The van der Waals surface area contributed by atoms with E-state index < -0.39 is 17.5 Å². The number of anilines is 1. The van der Waals surface area contributed by atoms with Gasteiger partial charge in [-0.1, -0.05) is 17.7 Å². The number of aliphatic carboxylic acids is 1. The Morgan fingerprint density at radius 1 is 1.11 bits per heavy atom. The molecule has 8 nitrogen and oxygen atoms in total. The van der Waals surface area contributed by atoms with Crippen molar-refractivity contribution in [2.45, 2.75) is 33.6 Å². The largest absolute Gasteiger partial charge is 0.492 e. The predicted octanol–water partition coefficient (Wildman–Crippen LogP) is 4.09. The lowest BCUT2D eigenvalue weighted by molar-refractivity contribution is -0.136. The summed E-state index contributed by atoms with van der Waals surface area (Å²) in [5.74, 6) is -0.806. The van der Waals surface area contributed by atoms with Crippen LogP contribution in [0.5, 0.6) is 5.75 Å². The van der Waals surface area contributed by atoms with Crippen LogP contribution in [0.25, 0.3) is 11.0 Å². The Kier molecular flexibility index (Phi) is 8.43. The standard InChI is InChI=1S/C27H30N2O6/c1-16(2)5-6-18-13-21(8-7-19(18)15-24(30)31)26(32)29-22-14-20-9-10-23(34-12-11-28-4)17(3)25(20)35-27(22)33/h5,7-10,13-14,28H,6,11-12,15H2,1-4H3,(H,29,32)(H,30,31). The van der Waals surface area contributed by atoms with Crippen LogP contribution in [0.4, 0.5) is 5.69 Å². The molecular weight excluding hydrogens is 448 g/mol. The number of carboxylic acid groups (broad SMARTS) is 1. The minimum absolute atomic E-state index is 0.0196. The highest BCUT2D eigenvalue weighted by Gasteiger charge is 2.16. The maximum Gasteiger partial charge on any atom is 0.360 e. The molecule has 0 saturated carbocycles. The van der Waals surface area contributed by atoms with Gasteiger partial charge in [0, 0.05) is 23.1 Å². The van der Waals surface area contributed by atoms with Crippen LogP contribution in [0.2, 0.25) is 0 Å². The van der Waals surface area contributed by atoms with Crippen LogP contribution in [-0.4, -0.2) is 37.2 Å². The molecule has 1 heterocycles. The number of carbonyl (C=O) groups excluding carboxylic acids is 1. The molecule has 0 saturated heterocycles. The first-order valence-electron chi connectivity index (χ1n) is 11.3. The van der Waals surface area contributed by atoms with Gasteiger partial charge >= 0.3 is 11.6 Å². The van der Waals surface area contributed by atoms with Crippen LogP contribution in [0.1, 0.15) is 40.9 Å². The number of likely N-dealkylation sites (N-methyl/N-ethyl adjacent to an activating group) is 1. The van der Waals surface area contributed by atoms with Gasteiger partial charge in [0.2, 0.25) is 0 Å². The molecule has 8 heteroatoms. The molecule has 0 unspecified atom stereocenters. The highest BCUT2D eigenvalue weighted by atomic mass is 16.5. The first-order valence-corrected chi connectivity index (χ1v) is 11.3. The van der Waals surface area contributed by atoms with E-state index in [0.717, 1.165) is 11.1 Å². The van der Waals surface area contributed by atoms with E-state index >= 15 is 0 Å². The highest BCUT2D eigenvalue weighted by molar-refractivity contribution is 6.05. The van der Waals surface area contributed by atoms with E-state index in [1.807, 2.05) is 33.9 Å². The third-order valence-corrected chi connectivity index (χ3v) is 5.50. The molecule has 0 atom stereocenters. The number of allylic oxidation sites excluding steroid dienone is 2. The van der Waals surface area contributed by atoms with E-state index in [2.05, 4.69) is 10.6 Å². The smallest absolute Gasteiger partial charge is 0.360 e. The Balaban J connectivity index is 1.88. The summed E-state index contributed by atoms with van der Waals surface area (Å²) in [6.07, 6.45) is 2.34. The molecule has 3 rings (SSSR count). The van der Waals surface area contributed by atoms with Gasteiger partial charge in [0.05, 0.1) is 6.42 Å². The quantitative estimate of drug-likeness (QED) is 0.228. The molecule has 1 aromatic heterocycles. The number of carboxylic acids is 1. The average Bonchev–Trinajstić information content (AvgIpc) is 2.80. The summed E-state index contributed by atoms with van der Waals surface area (Å²) in [7, 11) is 1.83. The van der Waals surface area contributed by atoms with E-state index in [1.54, 1.807) is 36.4 Å². The van der Waals surface area contributed by atoms with Crippen LogP contribution < -0.4 is 21.0 Å². The van der Waals surface area contributed by atoms with Crippen molar-refractivity contribution in [1.82, 2.24) is 5.32 Å². The molecular formula is C27H30N2O6. The average molecular weight is 479 g/mol. The minimum atomic E-state index is -0.944. The second-order valence-corrected chi connectivity index (χ2v) is 8.50. The number of amides is 1. The molecule has 0 radical (unpaired) electrons. The topological polar surface area (TPSA) is 118 Å². The molecule has 1 amide bonds. The van der Waals surface area contributed by atoms with Gasteiger partial charge < -0.3 is 24.9 Å². The van der Waals surface area contributed by atoms with E-state index in [1.165, 1.54) is 0 Å². The van der Waals surface area contributed by atoms with Crippen molar-refractivity contribution in [1.29, 1.82) is 0 Å². The Morgan fingerprint density at radius 2 is 1.89 bits per heavy atom. The van der Waals surface area contributed by atoms with Crippen molar-refractivity contribution in [3.63, 3.8) is 0 Å². The lowest BCUT2D eigenvalue weighted by Gasteiger charge is -2.12. The third-order valence-electron chi connectivity index (χ3n) is 5.50. The second kappa shape index (κ2) is 11.5. The van der Waals surface area contributed by atoms with Gasteiger partial charge in [-0.2, -0.15) is 0 Å². The van der Waals surface area contributed by atoms with Gasteiger partial charge in [-0.05, 0) is 75.7 Å². The number of carbonyl (C=O) groups is 2. The summed E-state index contributed by atoms with van der Waals surface area (Å²) in [5.41, 5.74) is 3.23. The summed E-state index contributed by atoms with van der Waals surface area (Å²) in [4.78, 5) is 36.8. The monoisotopic (exact) mass is 478 g/mol. The van der Waals surface area contributed by atoms with E-state index in [-0.39, 0.29) is 12.1 Å². The SMILES string of the molecule is CNCCOc1ccc2cc(NC(=O)c3ccc(CC(=O)O)c(CC=C(C)C)c3)c(=O)oc2c1C. The number of benzene rings is 2. The van der Waals surface area contributed by atoms with Crippen molar-refractivity contribution >= 4 is 28.5 Å². The Labute approximate surface area is 203 Å². The first kappa shape index (κ1) is 25.7. The Hall–Kier alpha value is -3.91. The fourth-order valence-electron chi connectivity index (χ4n) is 3.61. The van der Waals surface area contributed by atoms with Gasteiger partial charge in [-0.3, -0.25) is 9.59 Å². The maximum absolute atomic E-state index is 12.9. The van der Waals surface area contributed by atoms with Gasteiger partial charge in [0.15, 0.2) is 0 Å². The summed E-state index contributed by atoms with van der Waals surface area (Å²) >= 11 is 0. The van der Waals surface area contributed by atoms with E-state index in [4.69, 9.17) is 9.15 Å². The summed E-state index contributed by atoms with van der Waals surface area (Å²) < 4.78 is 11.2. The molecule has 3 N–H and O–H groups in total. The van der Waals surface area contributed by atoms with Gasteiger partial charge in [-0.25, -0.2) is 4.79 Å². The fourth-order valence-corrected chi connectivity index (χ4v) is 3.61. The van der Waals surface area contributed by atoms with Crippen LogP contribution in [0.15, 0.2) is 57.3 Å². The van der Waals surface area contributed by atoms with Crippen LogP contribution >= 0.6 is 0 Å². The molecule has 2 aromatic carbocycles. The molecule has 3 aromatic rings. The zero-order valence-corrected chi connectivity index (χ0v) is 20.4. The highest BCUT2D eigenvalue weighted by Crippen LogP contribution is 2.28.